The molecule has 2 aromatic heterocycles. The maximum atomic E-state index is 12.6. The lowest BCUT2D eigenvalue weighted by Gasteiger charge is -2.07. The lowest BCUT2D eigenvalue weighted by Crippen LogP contribution is -2.16. The van der Waals surface area contributed by atoms with Crippen LogP contribution in [0.5, 0.6) is 0 Å². The second-order valence-electron chi connectivity index (χ2n) is 4.33. The van der Waals surface area contributed by atoms with Gasteiger partial charge in [-0.2, -0.15) is 13.4 Å². The summed E-state index contributed by atoms with van der Waals surface area (Å²) in [6.45, 7) is 0. The highest BCUT2D eigenvalue weighted by Crippen LogP contribution is 2.29. The summed E-state index contributed by atoms with van der Waals surface area (Å²) >= 11 is 12.5. The summed E-state index contributed by atoms with van der Waals surface area (Å²) < 4.78 is 26.4. The normalized spacial score (nSPS) is 11.6. The van der Waals surface area contributed by atoms with Crippen LogP contribution in [0.25, 0.3) is 0 Å². The number of nitrogens with zero attached hydrogens (tertiary/aromatic N) is 3. The highest BCUT2D eigenvalue weighted by atomic mass is 35.5. The minimum absolute atomic E-state index is 0.0330. The van der Waals surface area contributed by atoms with Crippen molar-refractivity contribution in [3.63, 3.8) is 0 Å². The molecular weight excluding hydrogens is 381 g/mol. The molecule has 120 valence electrons. The molecule has 0 saturated carbocycles. The molecule has 1 aromatic carbocycles. The van der Waals surface area contributed by atoms with Crippen LogP contribution in [0.4, 0.5) is 17.6 Å². The summed E-state index contributed by atoms with van der Waals surface area (Å²) in [6, 6.07) is 9.54. The number of rotatable bonds is 4. The van der Waals surface area contributed by atoms with Crippen LogP contribution in [0, 0.1) is 0 Å². The van der Waals surface area contributed by atoms with Gasteiger partial charge in [-0.05, 0) is 36.4 Å². The zero-order valence-electron chi connectivity index (χ0n) is 11.3. The third-order valence-electron chi connectivity index (χ3n) is 2.73. The van der Waals surface area contributed by atoms with Crippen LogP contribution < -0.4 is 11.1 Å². The van der Waals surface area contributed by atoms with E-state index >= 15 is 0 Å². The molecule has 0 aliphatic heterocycles. The summed E-state index contributed by atoms with van der Waals surface area (Å²) in [5, 5.41) is 7.15. The Morgan fingerprint density at radius 3 is 2.43 bits per heavy atom. The monoisotopic (exact) mass is 389 g/mol. The van der Waals surface area contributed by atoms with Gasteiger partial charge in [0.2, 0.25) is 11.9 Å². The van der Waals surface area contributed by atoms with Crippen LogP contribution in [-0.4, -0.2) is 22.6 Å². The predicted octanol–water partition coefficient (Wildman–Crippen LogP) is 3.21. The van der Waals surface area contributed by atoms with Crippen molar-refractivity contribution < 1.29 is 8.42 Å². The first-order chi connectivity index (χ1) is 10.9. The third kappa shape index (κ3) is 3.27. The molecule has 0 spiro atoms. The van der Waals surface area contributed by atoms with Gasteiger partial charge in [0.05, 0.1) is 4.34 Å². The number of anilines is 3. The minimum atomic E-state index is -3.95. The van der Waals surface area contributed by atoms with Gasteiger partial charge in [-0.1, -0.05) is 23.2 Å². The van der Waals surface area contributed by atoms with Gasteiger partial charge in [-0.25, -0.2) is 0 Å². The Bertz CT molecular complexity index is 950. The summed E-state index contributed by atoms with van der Waals surface area (Å²) in [7, 11) is -3.95. The number of nitrogens with one attached hydrogen (secondary N) is 1. The largest absolute Gasteiger partial charge is 0.366 e. The van der Waals surface area contributed by atoms with Crippen molar-refractivity contribution in [1.82, 2.24) is 14.2 Å². The fraction of sp³-hybridized carbons (Fsp3) is 0. The number of benzene rings is 1. The fourth-order valence-corrected chi connectivity index (χ4v) is 4.60. The summed E-state index contributed by atoms with van der Waals surface area (Å²) in [6.07, 6.45) is 0. The van der Waals surface area contributed by atoms with E-state index in [1.807, 2.05) is 0 Å². The molecule has 0 bridgehead atoms. The van der Waals surface area contributed by atoms with Gasteiger partial charge in [-0.3, -0.25) is 0 Å². The second kappa shape index (κ2) is 6.00. The molecule has 0 radical (unpaired) electrons. The van der Waals surface area contributed by atoms with Crippen LogP contribution in [0.3, 0.4) is 0 Å². The zero-order valence-corrected chi connectivity index (χ0v) is 14.4. The average Bonchev–Trinajstić information content (AvgIpc) is 3.08. The molecule has 0 fully saturated rings. The third-order valence-corrected chi connectivity index (χ3v) is 6.24. The lowest BCUT2D eigenvalue weighted by molar-refractivity contribution is 0.583. The Labute approximate surface area is 145 Å². The Kier molecular flexibility index (Phi) is 4.19. The first-order valence-corrected chi connectivity index (χ1v) is 9.13. The fourth-order valence-electron chi connectivity index (χ4n) is 1.74. The molecule has 0 aliphatic carbocycles. The average molecular weight is 390 g/mol. The molecule has 7 nitrogen and oxygen atoms in total. The molecule has 3 N–H and O–H groups in total. The van der Waals surface area contributed by atoms with Crippen molar-refractivity contribution in [2.24, 2.45) is 0 Å². The van der Waals surface area contributed by atoms with Crippen LogP contribution in [0.1, 0.15) is 0 Å². The molecular formula is C12H9Cl2N5O2S2. The van der Waals surface area contributed by atoms with Crippen molar-refractivity contribution in [3.05, 3.63) is 45.8 Å². The Balaban J connectivity index is 2.02. The first kappa shape index (κ1) is 16.1. The van der Waals surface area contributed by atoms with E-state index in [0.29, 0.717) is 15.0 Å². The second-order valence-corrected chi connectivity index (χ2v) is 8.48. The summed E-state index contributed by atoms with van der Waals surface area (Å²) in [5.41, 5.74) is 6.13. The summed E-state index contributed by atoms with van der Waals surface area (Å²) in [4.78, 5) is 3.90. The molecule has 23 heavy (non-hydrogen) atoms. The quantitative estimate of drug-likeness (QED) is 0.709. The maximum absolute atomic E-state index is 12.6. The van der Waals surface area contributed by atoms with E-state index in [1.165, 1.54) is 12.1 Å². The molecule has 3 aromatic rings. The molecule has 0 amide bonds. The van der Waals surface area contributed by atoms with Crippen LogP contribution >= 0.6 is 34.5 Å². The van der Waals surface area contributed by atoms with E-state index in [-0.39, 0.29) is 16.1 Å². The van der Waals surface area contributed by atoms with Gasteiger partial charge < -0.3 is 11.1 Å². The van der Waals surface area contributed by atoms with Crippen molar-refractivity contribution in [1.29, 1.82) is 0 Å². The van der Waals surface area contributed by atoms with E-state index < -0.39 is 10.0 Å². The predicted molar refractivity (Wildman–Crippen MR) is 91.1 cm³/mol. The van der Waals surface area contributed by atoms with Crippen molar-refractivity contribution >= 4 is 62.1 Å². The van der Waals surface area contributed by atoms with E-state index in [0.717, 1.165) is 15.4 Å². The number of hydrogen-bond donors (Lipinski definition) is 2. The molecule has 2 heterocycles. The highest BCUT2D eigenvalue weighted by Gasteiger charge is 2.25. The number of thiophene rings is 1. The lowest BCUT2D eigenvalue weighted by atomic mass is 10.3. The molecule has 0 aliphatic rings. The van der Waals surface area contributed by atoms with Crippen molar-refractivity contribution in [2.75, 3.05) is 11.1 Å². The Hall–Kier alpha value is -1.81. The van der Waals surface area contributed by atoms with E-state index in [1.54, 1.807) is 24.3 Å². The van der Waals surface area contributed by atoms with Gasteiger partial charge in [0.1, 0.15) is 4.21 Å². The topological polar surface area (TPSA) is 103 Å². The van der Waals surface area contributed by atoms with E-state index in [2.05, 4.69) is 15.4 Å². The zero-order chi connectivity index (χ0) is 16.6. The number of halogens is 2. The minimum Gasteiger partial charge on any atom is -0.366 e. The van der Waals surface area contributed by atoms with Gasteiger partial charge in [-0.15, -0.1) is 20.5 Å². The van der Waals surface area contributed by atoms with Crippen LogP contribution in [-0.2, 0) is 10.0 Å². The smallest absolute Gasteiger partial charge is 0.295 e. The number of aromatic nitrogens is 3. The number of hydrogen-bond acceptors (Lipinski definition) is 7. The van der Waals surface area contributed by atoms with Crippen LogP contribution in [0.2, 0.25) is 9.36 Å². The van der Waals surface area contributed by atoms with Crippen LogP contribution in [0.15, 0.2) is 40.6 Å². The molecule has 3 rings (SSSR count). The Morgan fingerprint density at radius 2 is 1.83 bits per heavy atom. The molecule has 11 heteroatoms. The van der Waals surface area contributed by atoms with Gasteiger partial charge >= 0.3 is 0 Å². The van der Waals surface area contributed by atoms with E-state index in [4.69, 9.17) is 28.9 Å². The van der Waals surface area contributed by atoms with Gasteiger partial charge in [0, 0.05) is 10.7 Å². The summed E-state index contributed by atoms with van der Waals surface area (Å²) in [5.74, 6) is -0.206. The van der Waals surface area contributed by atoms with Crippen molar-refractivity contribution in [3.8, 4) is 0 Å². The van der Waals surface area contributed by atoms with Crippen molar-refractivity contribution in [2.45, 2.75) is 4.21 Å². The molecule has 0 saturated heterocycles. The molecule has 0 unspecified atom stereocenters. The standard InChI is InChI=1S/C12H9Cl2N5O2S2/c13-7-1-3-8(4-2-7)16-12-17-11(15)18-19(12)23(20,21)10-6-5-9(14)22-10/h1-6H,(H3,15,16,17,18). The van der Waals surface area contributed by atoms with Gasteiger partial charge in [0.15, 0.2) is 0 Å². The highest BCUT2D eigenvalue weighted by molar-refractivity contribution is 7.92. The molecule has 0 atom stereocenters. The number of nitrogen functional groups attached to an aromatic ring is 1. The van der Waals surface area contributed by atoms with Gasteiger partial charge in [0.25, 0.3) is 10.0 Å². The first-order valence-electron chi connectivity index (χ1n) is 6.12. The maximum Gasteiger partial charge on any atom is 0.295 e. The number of nitrogens with two attached hydrogens (primary N) is 1. The SMILES string of the molecule is Nc1nc(Nc2ccc(Cl)cc2)n(S(=O)(=O)c2ccc(Cl)s2)n1. The van der Waals surface area contributed by atoms with E-state index in [9.17, 15) is 8.42 Å². The Morgan fingerprint density at radius 1 is 1.13 bits per heavy atom.